The Morgan fingerprint density at radius 1 is 0.382 bits per heavy atom. The van der Waals surface area contributed by atoms with E-state index in [9.17, 15) is 0 Å². The number of nitrogens with zero attached hydrogens (tertiary/aromatic N) is 2. The van der Waals surface area contributed by atoms with Crippen LogP contribution in [0.5, 0.6) is 0 Å². The number of aryl methyl sites for hydroxylation is 1. The molecule has 0 N–H and O–H groups in total. The number of fused-ring (bicyclic) bond motifs is 7. The smallest absolute Gasteiger partial charge is 0.333 e. The number of hydrogen-bond acceptors (Lipinski definition) is 0. The summed E-state index contributed by atoms with van der Waals surface area (Å²) in [7, 11) is 0. The van der Waals surface area contributed by atoms with E-state index in [0.29, 0.717) is 0 Å². The van der Waals surface area contributed by atoms with Gasteiger partial charge < -0.3 is 9.05 Å². The molecular weight excluding hydrogens is 820 g/mol. The molecule has 0 saturated carbocycles. The molecule has 0 atom stereocenters. The summed E-state index contributed by atoms with van der Waals surface area (Å²) in [5, 5.41) is 3.98. The quantitative estimate of drug-likeness (QED) is 0.156. The van der Waals surface area contributed by atoms with Gasteiger partial charge in [-0.2, -0.15) is 0 Å². The van der Waals surface area contributed by atoms with Gasteiger partial charge >= 0.3 is 6.85 Å². The van der Waals surface area contributed by atoms with Crippen LogP contribution in [0.1, 0.15) is 137 Å². The first kappa shape index (κ1) is 44.5. The van der Waals surface area contributed by atoms with Gasteiger partial charge in [-0.15, -0.1) is 0 Å². The lowest BCUT2D eigenvalue weighted by atomic mass is 9.45. The van der Waals surface area contributed by atoms with Crippen molar-refractivity contribution in [3.05, 3.63) is 161 Å². The summed E-state index contributed by atoms with van der Waals surface area (Å²) >= 11 is 0. The zero-order chi connectivity index (χ0) is 48.4. The molecule has 3 heteroatoms. The largest absolute Gasteiger partial charge is 0.375 e. The van der Waals surface area contributed by atoms with Gasteiger partial charge in [0, 0.05) is 44.2 Å². The first-order valence-corrected chi connectivity index (χ1v) is 25.1. The molecule has 2 aromatic heterocycles. The molecule has 0 unspecified atom stereocenters. The van der Waals surface area contributed by atoms with Crippen LogP contribution < -0.4 is 10.9 Å². The van der Waals surface area contributed by atoms with Crippen LogP contribution in [0.4, 0.5) is 0 Å². The van der Waals surface area contributed by atoms with Crippen molar-refractivity contribution in [3.8, 4) is 50.3 Å². The number of benzene rings is 7. The maximum atomic E-state index is 2.81. The lowest BCUT2D eigenvalue weighted by molar-refractivity contribution is 0.590. The third kappa shape index (κ3) is 6.81. The highest BCUT2D eigenvalue weighted by Crippen LogP contribution is 2.51. The molecule has 11 rings (SSSR count). The van der Waals surface area contributed by atoms with Crippen molar-refractivity contribution in [2.45, 2.75) is 138 Å². The monoisotopic (exact) mass is 889 g/mol. The van der Waals surface area contributed by atoms with E-state index in [2.05, 4.69) is 247 Å². The number of aromatic nitrogens is 2. The third-order valence-electron chi connectivity index (χ3n) is 15.5. The summed E-state index contributed by atoms with van der Waals surface area (Å²) in [6.07, 6.45) is 0. The molecule has 9 aromatic rings. The summed E-state index contributed by atoms with van der Waals surface area (Å²) in [5.41, 5.74) is 26.3. The highest BCUT2D eigenvalue weighted by atomic mass is 15.0. The van der Waals surface area contributed by atoms with Gasteiger partial charge in [-0.05, 0) is 143 Å². The molecular formula is C65H69BN2. The molecule has 342 valence electrons. The van der Waals surface area contributed by atoms with Crippen molar-refractivity contribution < 1.29 is 0 Å². The summed E-state index contributed by atoms with van der Waals surface area (Å²) in [6, 6.07) is 51.0. The van der Waals surface area contributed by atoms with Crippen molar-refractivity contribution in [2.75, 3.05) is 0 Å². The molecule has 4 heterocycles. The fourth-order valence-electron chi connectivity index (χ4n) is 11.5. The Hall–Kier alpha value is -6.06. The average Bonchev–Trinajstić information content (AvgIpc) is 3.78. The van der Waals surface area contributed by atoms with Gasteiger partial charge in [0.15, 0.2) is 0 Å². The van der Waals surface area contributed by atoms with Gasteiger partial charge in [0.2, 0.25) is 0 Å². The van der Waals surface area contributed by atoms with Gasteiger partial charge in [-0.3, -0.25) is 0 Å². The summed E-state index contributed by atoms with van der Waals surface area (Å²) in [5.74, 6) is 0. The molecule has 0 fully saturated rings. The van der Waals surface area contributed by atoms with E-state index in [0.717, 1.165) is 0 Å². The van der Waals surface area contributed by atoms with E-state index >= 15 is 0 Å². The van der Waals surface area contributed by atoms with Crippen molar-refractivity contribution in [1.29, 1.82) is 0 Å². The highest BCUT2D eigenvalue weighted by Gasteiger charge is 2.44. The molecule has 2 aliphatic rings. The van der Waals surface area contributed by atoms with Gasteiger partial charge in [-0.25, -0.2) is 0 Å². The standard InChI is InChI=1S/C65H69BN2/c1-38-31-49-50-33-42(39-17-23-43(24-18-39)61(2,3)4)34-52-56(40-19-25-44(26-20-40)62(5,6)7)58(41-21-27-45(28-22-41)63(8,9)10)68(59(50)52)66-53-37-47(65(14,15)16)36-51-48-35-46(64(11,12)13)29-30-54(48)67(60(51)53)55(32-38)57(49)66/h17-37H,1-16H3. The molecule has 7 aromatic carbocycles. The van der Waals surface area contributed by atoms with Crippen LogP contribution in [0.15, 0.2) is 127 Å². The minimum atomic E-state index is -0.0730. The molecule has 2 nitrogen and oxygen atoms in total. The third-order valence-corrected chi connectivity index (χ3v) is 15.5. The Morgan fingerprint density at radius 3 is 1.43 bits per heavy atom. The predicted molar refractivity (Wildman–Crippen MR) is 297 cm³/mol. The lowest BCUT2D eigenvalue weighted by Crippen LogP contribution is -2.55. The van der Waals surface area contributed by atoms with E-state index in [1.165, 1.54) is 127 Å². The van der Waals surface area contributed by atoms with Gasteiger partial charge in [0.05, 0.1) is 11.0 Å². The summed E-state index contributed by atoms with van der Waals surface area (Å²) in [6.45, 7) is 37.2. The van der Waals surface area contributed by atoms with E-state index in [1.54, 1.807) is 0 Å². The second kappa shape index (κ2) is 14.5. The topological polar surface area (TPSA) is 9.86 Å². The normalized spacial score (nSPS) is 13.9. The Bertz CT molecular complexity index is 3540. The van der Waals surface area contributed by atoms with Crippen LogP contribution in [0.2, 0.25) is 0 Å². The fourth-order valence-corrected chi connectivity index (χ4v) is 11.5. The van der Waals surface area contributed by atoms with E-state index in [-0.39, 0.29) is 33.9 Å². The first-order chi connectivity index (χ1) is 31.8. The van der Waals surface area contributed by atoms with E-state index in [4.69, 9.17) is 0 Å². The fraction of sp³-hybridized carbons (Fsp3) is 0.323. The van der Waals surface area contributed by atoms with Gasteiger partial charge in [-0.1, -0.05) is 195 Å². The molecule has 0 bridgehead atoms. The molecule has 0 amide bonds. The minimum absolute atomic E-state index is 0.0163. The maximum Gasteiger partial charge on any atom is 0.333 e. The molecule has 0 saturated heterocycles. The van der Waals surface area contributed by atoms with Crippen LogP contribution in [0.3, 0.4) is 0 Å². The second-order valence-electron chi connectivity index (χ2n) is 25.7. The van der Waals surface area contributed by atoms with Crippen LogP contribution >= 0.6 is 0 Å². The van der Waals surface area contributed by atoms with Crippen molar-refractivity contribution >= 4 is 50.5 Å². The Labute approximate surface area is 406 Å². The molecule has 0 aliphatic carbocycles. The lowest BCUT2D eigenvalue weighted by Gasteiger charge is -2.36. The Kier molecular flexibility index (Phi) is 9.47. The summed E-state index contributed by atoms with van der Waals surface area (Å²) in [4.78, 5) is 0. The van der Waals surface area contributed by atoms with Crippen LogP contribution in [0.25, 0.3) is 83.0 Å². The predicted octanol–water partition coefficient (Wildman–Crippen LogP) is 16.5. The first-order valence-electron chi connectivity index (χ1n) is 25.1. The average molecular weight is 889 g/mol. The molecule has 68 heavy (non-hydrogen) atoms. The van der Waals surface area contributed by atoms with Crippen molar-refractivity contribution in [2.24, 2.45) is 0 Å². The molecule has 0 radical (unpaired) electrons. The maximum absolute atomic E-state index is 2.81. The van der Waals surface area contributed by atoms with Crippen molar-refractivity contribution in [1.82, 2.24) is 9.05 Å². The van der Waals surface area contributed by atoms with Gasteiger partial charge in [0.1, 0.15) is 0 Å². The van der Waals surface area contributed by atoms with Crippen LogP contribution in [-0.4, -0.2) is 15.9 Å². The summed E-state index contributed by atoms with van der Waals surface area (Å²) < 4.78 is 5.45. The molecule has 2 aliphatic heterocycles. The van der Waals surface area contributed by atoms with Gasteiger partial charge in [0.25, 0.3) is 0 Å². The van der Waals surface area contributed by atoms with Crippen molar-refractivity contribution in [3.63, 3.8) is 0 Å². The highest BCUT2D eigenvalue weighted by molar-refractivity contribution is 6.90. The SMILES string of the molecule is Cc1cc2c3c(c1)-n1c4ccc(C(C)(C)C)cc4c4cc(C(C)(C)C)cc(c41)B3n1c(-c3ccc(C(C)(C)C)cc3)c(-c3ccc(C(C)(C)C)cc3)c3cc(-c4ccc(C(C)(C)C)cc4)cc-2c31. The zero-order valence-electron chi connectivity index (χ0n) is 43.6. The second-order valence-corrected chi connectivity index (χ2v) is 25.7. The Morgan fingerprint density at radius 2 is 0.882 bits per heavy atom. The number of rotatable bonds is 3. The minimum Gasteiger partial charge on any atom is -0.375 e. The molecule has 0 spiro atoms. The number of hydrogen-bond donors (Lipinski definition) is 0. The van der Waals surface area contributed by atoms with Crippen LogP contribution in [-0.2, 0) is 27.1 Å². The van der Waals surface area contributed by atoms with E-state index in [1.807, 2.05) is 0 Å². The van der Waals surface area contributed by atoms with Crippen LogP contribution in [0, 0.1) is 6.92 Å². The zero-order valence-corrected chi connectivity index (χ0v) is 43.6. The van der Waals surface area contributed by atoms with E-state index < -0.39 is 0 Å². The Balaban J connectivity index is 1.34.